The molecular weight excluding hydrogens is 357 g/mol. The second-order valence-corrected chi connectivity index (χ2v) is 5.70. The number of Topliss-reactive ketones (excluding diaryl/α,β-unsaturated/α-hetero) is 1. The second kappa shape index (κ2) is 8.03. The molecule has 0 aliphatic carbocycles. The van der Waals surface area contributed by atoms with Crippen molar-refractivity contribution >= 4 is 33.6 Å². The standard InChI is InChI=1S/C15H17BrFNO4/c1-9(19)6-14(20)18(2)13(8-15(21)22-3)11-5-4-10(17)7-12(11)16/h4-5,7,13H,6,8H2,1-3H3. The highest BCUT2D eigenvalue weighted by Crippen LogP contribution is 2.31. The van der Waals surface area contributed by atoms with Crippen molar-refractivity contribution in [3.63, 3.8) is 0 Å². The Morgan fingerprint density at radius 3 is 2.50 bits per heavy atom. The predicted molar refractivity (Wildman–Crippen MR) is 81.5 cm³/mol. The maximum atomic E-state index is 13.2. The van der Waals surface area contributed by atoms with Crippen molar-refractivity contribution in [1.82, 2.24) is 4.90 Å². The van der Waals surface area contributed by atoms with Crippen LogP contribution in [0.1, 0.15) is 31.4 Å². The zero-order valence-electron chi connectivity index (χ0n) is 12.6. The molecule has 7 heteroatoms. The van der Waals surface area contributed by atoms with Gasteiger partial charge in [-0.15, -0.1) is 0 Å². The molecule has 0 aromatic heterocycles. The number of ether oxygens (including phenoxy) is 1. The zero-order valence-corrected chi connectivity index (χ0v) is 14.1. The molecule has 1 aromatic carbocycles. The molecule has 0 saturated carbocycles. The van der Waals surface area contributed by atoms with Crippen LogP contribution in [-0.2, 0) is 19.1 Å². The Morgan fingerprint density at radius 1 is 1.36 bits per heavy atom. The molecule has 0 saturated heterocycles. The van der Waals surface area contributed by atoms with E-state index in [0.717, 1.165) is 0 Å². The van der Waals surface area contributed by atoms with E-state index in [-0.39, 0.29) is 18.6 Å². The van der Waals surface area contributed by atoms with E-state index in [1.165, 1.54) is 44.2 Å². The summed E-state index contributed by atoms with van der Waals surface area (Å²) < 4.78 is 18.3. The maximum Gasteiger partial charge on any atom is 0.307 e. The minimum absolute atomic E-state index is 0.0964. The largest absolute Gasteiger partial charge is 0.469 e. The van der Waals surface area contributed by atoms with Gasteiger partial charge >= 0.3 is 5.97 Å². The third-order valence-electron chi connectivity index (χ3n) is 3.17. The number of carbonyl (C=O) groups excluding carboxylic acids is 3. The summed E-state index contributed by atoms with van der Waals surface area (Å²) in [5, 5.41) is 0. The number of nitrogens with zero attached hydrogens (tertiary/aromatic N) is 1. The first kappa shape index (κ1) is 18.3. The summed E-state index contributed by atoms with van der Waals surface area (Å²) in [5.74, 6) is -1.64. The molecule has 1 unspecified atom stereocenters. The van der Waals surface area contributed by atoms with Crippen LogP contribution in [0.3, 0.4) is 0 Å². The van der Waals surface area contributed by atoms with Crippen molar-refractivity contribution in [2.75, 3.05) is 14.2 Å². The number of amides is 1. The highest BCUT2D eigenvalue weighted by molar-refractivity contribution is 9.10. The second-order valence-electron chi connectivity index (χ2n) is 4.85. The van der Waals surface area contributed by atoms with Gasteiger partial charge in [0.2, 0.25) is 5.91 Å². The average Bonchev–Trinajstić information content (AvgIpc) is 2.43. The van der Waals surface area contributed by atoms with Gasteiger partial charge in [0, 0.05) is 11.5 Å². The van der Waals surface area contributed by atoms with E-state index in [1.54, 1.807) is 0 Å². The first-order valence-electron chi connectivity index (χ1n) is 6.53. The van der Waals surface area contributed by atoms with Crippen LogP contribution in [-0.4, -0.2) is 36.7 Å². The van der Waals surface area contributed by atoms with E-state index in [9.17, 15) is 18.8 Å². The van der Waals surface area contributed by atoms with Crippen molar-refractivity contribution in [2.45, 2.75) is 25.8 Å². The van der Waals surface area contributed by atoms with Crippen LogP contribution < -0.4 is 0 Å². The summed E-state index contributed by atoms with van der Waals surface area (Å²) in [6.45, 7) is 1.31. The molecule has 120 valence electrons. The summed E-state index contributed by atoms with van der Waals surface area (Å²) in [7, 11) is 2.74. The van der Waals surface area contributed by atoms with Crippen LogP contribution in [0.25, 0.3) is 0 Å². The molecule has 5 nitrogen and oxygen atoms in total. The SMILES string of the molecule is COC(=O)CC(c1ccc(F)cc1Br)N(C)C(=O)CC(C)=O. The van der Waals surface area contributed by atoms with Gasteiger partial charge in [-0.05, 0) is 24.6 Å². The third kappa shape index (κ3) is 4.91. The molecule has 0 fully saturated rings. The fourth-order valence-electron chi connectivity index (χ4n) is 1.98. The lowest BCUT2D eigenvalue weighted by Gasteiger charge is -2.28. The number of rotatable bonds is 6. The molecule has 0 aliphatic rings. The van der Waals surface area contributed by atoms with E-state index < -0.39 is 23.7 Å². The van der Waals surface area contributed by atoms with Gasteiger partial charge in [-0.2, -0.15) is 0 Å². The van der Waals surface area contributed by atoms with Crippen LogP contribution in [0.5, 0.6) is 0 Å². The van der Waals surface area contributed by atoms with Gasteiger partial charge in [-0.1, -0.05) is 22.0 Å². The fourth-order valence-corrected chi connectivity index (χ4v) is 2.60. The monoisotopic (exact) mass is 373 g/mol. The average molecular weight is 374 g/mol. The Hall–Kier alpha value is -1.76. The number of benzene rings is 1. The van der Waals surface area contributed by atoms with Crippen LogP contribution >= 0.6 is 15.9 Å². The highest BCUT2D eigenvalue weighted by atomic mass is 79.9. The molecule has 22 heavy (non-hydrogen) atoms. The molecule has 0 N–H and O–H groups in total. The van der Waals surface area contributed by atoms with E-state index in [1.807, 2.05) is 0 Å². The molecular formula is C15H17BrFNO4. The number of hydrogen-bond donors (Lipinski definition) is 0. The highest BCUT2D eigenvalue weighted by Gasteiger charge is 2.27. The van der Waals surface area contributed by atoms with Crippen LogP contribution in [0.15, 0.2) is 22.7 Å². The van der Waals surface area contributed by atoms with Crippen LogP contribution in [0.4, 0.5) is 4.39 Å². The lowest BCUT2D eigenvalue weighted by Crippen LogP contribution is -2.34. The molecule has 0 radical (unpaired) electrons. The smallest absolute Gasteiger partial charge is 0.307 e. The first-order valence-corrected chi connectivity index (χ1v) is 7.32. The van der Waals surface area contributed by atoms with Gasteiger partial charge in [-0.25, -0.2) is 4.39 Å². The minimum Gasteiger partial charge on any atom is -0.469 e. The van der Waals surface area contributed by atoms with Gasteiger partial charge in [0.1, 0.15) is 11.6 Å². The van der Waals surface area contributed by atoms with E-state index in [2.05, 4.69) is 20.7 Å². The number of carbonyl (C=O) groups is 3. The summed E-state index contributed by atoms with van der Waals surface area (Å²) in [4.78, 5) is 36.1. The molecule has 1 aromatic rings. The Kier molecular flexibility index (Phi) is 6.67. The van der Waals surface area contributed by atoms with Gasteiger partial charge in [0.15, 0.2) is 0 Å². The molecule has 1 rings (SSSR count). The van der Waals surface area contributed by atoms with Crippen molar-refractivity contribution in [2.24, 2.45) is 0 Å². The number of hydrogen-bond acceptors (Lipinski definition) is 4. The molecule has 1 amide bonds. The Morgan fingerprint density at radius 2 is 2.00 bits per heavy atom. The molecule has 0 spiro atoms. The lowest BCUT2D eigenvalue weighted by molar-refractivity contribution is -0.143. The van der Waals surface area contributed by atoms with Crippen molar-refractivity contribution < 1.29 is 23.5 Å². The Bertz CT molecular complexity index is 591. The third-order valence-corrected chi connectivity index (χ3v) is 3.86. The first-order chi connectivity index (χ1) is 10.3. The number of ketones is 1. The van der Waals surface area contributed by atoms with E-state index in [0.29, 0.717) is 10.0 Å². The fraction of sp³-hybridized carbons (Fsp3) is 0.400. The summed E-state index contributed by atoms with van der Waals surface area (Å²) in [6, 6.07) is 3.33. The van der Waals surface area contributed by atoms with Crippen LogP contribution in [0, 0.1) is 5.82 Å². The predicted octanol–water partition coefficient (Wildman–Crippen LogP) is 2.63. The Balaban J connectivity index is 3.14. The number of methoxy groups -OCH3 is 1. The van der Waals surface area contributed by atoms with E-state index >= 15 is 0 Å². The van der Waals surface area contributed by atoms with Crippen molar-refractivity contribution in [1.29, 1.82) is 0 Å². The molecule has 0 bridgehead atoms. The van der Waals surface area contributed by atoms with Crippen molar-refractivity contribution in [3.05, 3.63) is 34.1 Å². The lowest BCUT2D eigenvalue weighted by atomic mass is 10.0. The van der Waals surface area contributed by atoms with E-state index in [4.69, 9.17) is 0 Å². The van der Waals surface area contributed by atoms with Gasteiger partial charge in [-0.3, -0.25) is 14.4 Å². The quantitative estimate of drug-likeness (QED) is 0.567. The van der Waals surface area contributed by atoms with Gasteiger partial charge < -0.3 is 9.64 Å². The Labute approximate surface area is 136 Å². The topological polar surface area (TPSA) is 63.7 Å². The van der Waals surface area contributed by atoms with Crippen molar-refractivity contribution in [3.8, 4) is 0 Å². The molecule has 0 aliphatic heterocycles. The molecule has 0 heterocycles. The number of esters is 1. The summed E-state index contributed by atoms with van der Waals surface area (Å²) in [6.07, 6.45) is -0.353. The summed E-state index contributed by atoms with van der Waals surface area (Å²) >= 11 is 3.23. The van der Waals surface area contributed by atoms with Crippen LogP contribution in [0.2, 0.25) is 0 Å². The molecule has 1 atom stereocenters. The van der Waals surface area contributed by atoms with Gasteiger partial charge in [0.25, 0.3) is 0 Å². The number of halogens is 2. The minimum atomic E-state index is -0.658. The maximum absolute atomic E-state index is 13.2. The summed E-state index contributed by atoms with van der Waals surface area (Å²) in [5.41, 5.74) is 0.561. The normalized spacial score (nSPS) is 11.7. The zero-order chi connectivity index (χ0) is 16.9. The van der Waals surface area contributed by atoms with Gasteiger partial charge in [0.05, 0.1) is 26.0 Å².